The Kier molecular flexibility index (Phi) is 18.2. The van der Waals surface area contributed by atoms with E-state index in [1.165, 1.54) is 0 Å². The quantitative estimate of drug-likeness (QED) is 0.0916. The molecule has 2 fully saturated rings. The van der Waals surface area contributed by atoms with Crippen LogP contribution in [0.15, 0.2) is 57.7 Å². The number of fused-ring (bicyclic) bond motifs is 4. The van der Waals surface area contributed by atoms with Gasteiger partial charge in [0.05, 0.1) is 86.7 Å². The monoisotopic (exact) mass is 1090 g/mol. The Morgan fingerprint density at radius 2 is 1.19 bits per heavy atom. The molecule has 21 heteroatoms. The maximum atomic E-state index is 13.2. The molecule has 0 saturated carbocycles. The fraction of sp³-hybridized carbons (Fsp3) is 0.500. The number of Topliss-reactive ketones (excluding diaryl/α,β-unsaturated/α-hetero) is 2. The molecule has 2 aromatic carbocycles. The molecule has 2 atom stereocenters. The van der Waals surface area contributed by atoms with Crippen LogP contribution in [0.5, 0.6) is 0 Å². The van der Waals surface area contributed by atoms with Gasteiger partial charge in [0.15, 0.2) is 22.9 Å². The summed E-state index contributed by atoms with van der Waals surface area (Å²) in [7, 11) is 0. The van der Waals surface area contributed by atoms with Crippen molar-refractivity contribution in [2.75, 3.05) is 111 Å². The summed E-state index contributed by atoms with van der Waals surface area (Å²) in [6.07, 6.45) is 4.61. The minimum Gasteiger partial charge on any atom is -0.380 e. The summed E-state index contributed by atoms with van der Waals surface area (Å²) in [5.74, 6) is -0.120. The van der Waals surface area contributed by atoms with Crippen LogP contribution in [-0.2, 0) is 54.5 Å². The Bertz CT molecular complexity index is 2710. The molecule has 2 aliphatic carbocycles. The first-order valence-corrected chi connectivity index (χ1v) is 25.6. The fourth-order valence-corrected chi connectivity index (χ4v) is 9.88. The number of carbonyl (C=O) groups is 2. The number of rotatable bonds is 16. The van der Waals surface area contributed by atoms with Gasteiger partial charge in [0, 0.05) is 99.8 Å². The Morgan fingerprint density at radius 1 is 0.696 bits per heavy atom. The van der Waals surface area contributed by atoms with Crippen LogP contribution in [0, 0.1) is 0 Å². The van der Waals surface area contributed by atoms with E-state index in [1.54, 1.807) is 4.68 Å². The van der Waals surface area contributed by atoms with Gasteiger partial charge in [-0.15, -0.1) is 0 Å². The number of ether oxygens (including phenoxy) is 4. The first-order valence-electron chi connectivity index (χ1n) is 23.6. The zero-order valence-electron chi connectivity index (χ0n) is 39.0. The van der Waals surface area contributed by atoms with E-state index in [2.05, 4.69) is 72.1 Å². The SMILES string of the molecule is CCOCCn1cc2c(C3C(=O)Cc4ccc(Br)cc43)nc(Cl)nc2n1.CCOCCn1cc2c(C3C(=O)Cc4ccc(Br)cc43)nc(NCCN3CCOCC3)nc2n1.NCCN1CCOCC1. The van der Waals surface area contributed by atoms with Crippen molar-refractivity contribution in [3.05, 3.63) is 96.7 Å². The molecule has 3 N–H and O–H groups in total. The predicted octanol–water partition coefficient (Wildman–Crippen LogP) is 5.44. The number of hydrogen-bond acceptors (Lipinski definition) is 16. The Balaban J connectivity index is 0.000000161. The van der Waals surface area contributed by atoms with E-state index < -0.39 is 11.8 Å². The van der Waals surface area contributed by atoms with Gasteiger partial charge >= 0.3 is 0 Å². The molecule has 4 aliphatic rings. The summed E-state index contributed by atoms with van der Waals surface area (Å²) in [6.45, 7) is 18.2. The highest BCUT2D eigenvalue weighted by Gasteiger charge is 2.37. The van der Waals surface area contributed by atoms with Crippen LogP contribution < -0.4 is 11.1 Å². The largest absolute Gasteiger partial charge is 0.380 e. The molecule has 18 nitrogen and oxygen atoms in total. The highest BCUT2D eigenvalue weighted by atomic mass is 79.9. The second-order valence-electron chi connectivity index (χ2n) is 16.9. The van der Waals surface area contributed by atoms with Gasteiger partial charge in [0.2, 0.25) is 11.2 Å². The molecule has 0 radical (unpaired) electrons. The molecule has 2 unspecified atom stereocenters. The molecular formula is C48H59Br2ClN12O6. The minimum atomic E-state index is -0.449. The molecule has 6 aromatic rings. The van der Waals surface area contributed by atoms with Gasteiger partial charge in [-0.05, 0) is 72.0 Å². The third-order valence-corrected chi connectivity index (χ3v) is 13.5. The summed E-state index contributed by atoms with van der Waals surface area (Å²) in [4.78, 5) is 48.8. The number of halogens is 3. The lowest BCUT2D eigenvalue weighted by molar-refractivity contribution is -0.119. The summed E-state index contributed by atoms with van der Waals surface area (Å²) in [5, 5.41) is 14.1. The minimum absolute atomic E-state index is 0.0961. The van der Waals surface area contributed by atoms with Gasteiger partial charge in [-0.3, -0.25) is 28.8 Å². The van der Waals surface area contributed by atoms with Gasteiger partial charge in [-0.1, -0.05) is 44.0 Å². The maximum absolute atomic E-state index is 13.2. The number of morpholine rings is 2. The molecule has 6 heterocycles. The van der Waals surface area contributed by atoms with Crippen LogP contribution in [0.3, 0.4) is 0 Å². The number of benzene rings is 2. The van der Waals surface area contributed by atoms with E-state index in [1.807, 2.05) is 67.3 Å². The first kappa shape index (κ1) is 51.0. The van der Waals surface area contributed by atoms with Gasteiger partial charge in [-0.2, -0.15) is 20.2 Å². The standard InChI is InChI=1S/C24H29BrN6O3.C18H16BrClN4O2.C6H14N2O/c1-2-33-12-9-31-15-19-22(21-18-14-17(25)4-3-16(18)13-20(21)32)27-24(28-23(19)29-31)26-5-6-30-7-10-34-11-8-30;1-2-26-6-5-24-9-13-16(21-18(20)22-17(13)23-24)15-12-8-11(19)4-3-10(12)7-14(15)25;7-1-2-8-3-5-9-6-4-8/h3-4,14-15,21H,2,5-13H2,1H3,(H,26,28,29);3-4,8-9,15H,2,5-7H2,1H3;1-7H2. The molecule has 4 aromatic heterocycles. The summed E-state index contributed by atoms with van der Waals surface area (Å²) in [6, 6.07) is 11.9. The predicted molar refractivity (Wildman–Crippen MR) is 270 cm³/mol. The van der Waals surface area contributed by atoms with Crippen LogP contribution in [0.25, 0.3) is 22.1 Å². The topological polar surface area (TPSA) is 203 Å². The fourth-order valence-electron chi connectivity index (χ4n) is 8.95. The highest BCUT2D eigenvalue weighted by Crippen LogP contribution is 2.40. The summed E-state index contributed by atoms with van der Waals surface area (Å²) in [5.41, 5.74) is 11.8. The van der Waals surface area contributed by atoms with Gasteiger partial charge in [0.25, 0.3) is 0 Å². The van der Waals surface area contributed by atoms with E-state index >= 15 is 0 Å². The van der Waals surface area contributed by atoms with E-state index in [-0.39, 0.29) is 16.9 Å². The Hall–Kier alpha value is -4.35. The van der Waals surface area contributed by atoms with Crippen molar-refractivity contribution in [1.82, 2.24) is 49.3 Å². The lowest BCUT2D eigenvalue weighted by Gasteiger charge is -2.26. The summed E-state index contributed by atoms with van der Waals surface area (Å²) >= 11 is 13.2. The van der Waals surface area contributed by atoms with Gasteiger partial charge < -0.3 is 30.0 Å². The van der Waals surface area contributed by atoms with Crippen molar-refractivity contribution in [3.8, 4) is 0 Å². The number of hydrogen-bond donors (Lipinski definition) is 2. The zero-order chi connectivity index (χ0) is 48.3. The highest BCUT2D eigenvalue weighted by molar-refractivity contribution is 9.10. The van der Waals surface area contributed by atoms with Crippen molar-refractivity contribution < 1.29 is 28.5 Å². The van der Waals surface area contributed by atoms with E-state index in [0.29, 0.717) is 87.5 Å². The van der Waals surface area contributed by atoms with Gasteiger partial charge in [0.1, 0.15) is 0 Å². The third kappa shape index (κ3) is 13.0. The third-order valence-electron chi connectivity index (χ3n) is 12.3. The number of nitrogens with one attached hydrogen (secondary N) is 1. The zero-order valence-corrected chi connectivity index (χ0v) is 43.0. The second-order valence-corrected chi connectivity index (χ2v) is 19.1. The second kappa shape index (κ2) is 24.7. The van der Waals surface area contributed by atoms with Crippen molar-refractivity contribution in [3.63, 3.8) is 0 Å². The van der Waals surface area contributed by atoms with Crippen LogP contribution in [0.4, 0.5) is 5.95 Å². The number of ketones is 2. The normalized spacial score (nSPS) is 18.2. The molecule has 368 valence electrons. The van der Waals surface area contributed by atoms with Crippen LogP contribution in [-0.4, -0.2) is 166 Å². The number of aromatic nitrogens is 8. The maximum Gasteiger partial charge on any atom is 0.225 e. The smallest absolute Gasteiger partial charge is 0.225 e. The van der Waals surface area contributed by atoms with Crippen molar-refractivity contribution in [2.45, 2.75) is 51.6 Å². The Morgan fingerprint density at radius 3 is 1.70 bits per heavy atom. The number of nitrogens with two attached hydrogens (primary N) is 1. The lowest BCUT2D eigenvalue weighted by atomic mass is 9.95. The number of anilines is 1. The first-order chi connectivity index (χ1) is 33.6. The van der Waals surface area contributed by atoms with Crippen molar-refractivity contribution in [2.24, 2.45) is 5.73 Å². The van der Waals surface area contributed by atoms with Crippen LogP contribution >= 0.6 is 43.5 Å². The Labute approximate surface area is 423 Å². The van der Waals surface area contributed by atoms with Crippen LogP contribution in [0.1, 0.15) is 59.3 Å². The average molecular weight is 1100 g/mol. The van der Waals surface area contributed by atoms with Crippen LogP contribution in [0.2, 0.25) is 5.28 Å². The molecule has 0 bridgehead atoms. The summed E-state index contributed by atoms with van der Waals surface area (Å²) < 4.78 is 26.9. The van der Waals surface area contributed by atoms with Crippen molar-refractivity contribution in [1.29, 1.82) is 0 Å². The van der Waals surface area contributed by atoms with E-state index in [0.717, 1.165) is 114 Å². The number of carbonyl (C=O) groups excluding carboxylic acids is 2. The van der Waals surface area contributed by atoms with Crippen molar-refractivity contribution >= 4 is 83.0 Å². The average Bonchev–Trinajstić information content (AvgIpc) is 4.11. The lowest BCUT2D eigenvalue weighted by Crippen LogP contribution is -2.39. The molecule has 10 rings (SSSR count). The van der Waals surface area contributed by atoms with E-state index in [4.69, 9.17) is 41.3 Å². The molecule has 69 heavy (non-hydrogen) atoms. The molecule has 2 saturated heterocycles. The molecule has 0 amide bonds. The molecular weight excluding hydrogens is 1040 g/mol. The molecule has 0 spiro atoms. The molecule has 2 aliphatic heterocycles. The number of nitrogens with zero attached hydrogens (tertiary/aromatic N) is 10. The van der Waals surface area contributed by atoms with Gasteiger partial charge in [-0.25, -0.2) is 9.97 Å². The van der Waals surface area contributed by atoms with E-state index in [9.17, 15) is 9.59 Å².